The van der Waals surface area contributed by atoms with Crippen LogP contribution in [-0.2, 0) is 6.54 Å². The number of carbonyl (C=O) groups excluding carboxylic acids is 1. The van der Waals surface area contributed by atoms with E-state index in [0.717, 1.165) is 53.9 Å². The van der Waals surface area contributed by atoms with Crippen LogP contribution < -0.4 is 0 Å². The Morgan fingerprint density at radius 3 is 2.79 bits per heavy atom. The number of fused-ring (bicyclic) bond motifs is 1. The van der Waals surface area contributed by atoms with Crippen molar-refractivity contribution in [1.82, 2.24) is 24.4 Å². The fourth-order valence-electron chi connectivity index (χ4n) is 3.93. The van der Waals surface area contributed by atoms with Gasteiger partial charge in [-0.15, -0.1) is 0 Å². The van der Waals surface area contributed by atoms with Gasteiger partial charge in [0.15, 0.2) is 0 Å². The molecule has 0 bridgehead atoms. The van der Waals surface area contributed by atoms with E-state index in [2.05, 4.69) is 9.97 Å². The van der Waals surface area contributed by atoms with Gasteiger partial charge in [0.1, 0.15) is 5.82 Å². The van der Waals surface area contributed by atoms with Crippen LogP contribution in [0.4, 0.5) is 0 Å². The van der Waals surface area contributed by atoms with Gasteiger partial charge < -0.3 is 14.5 Å². The second-order valence-corrected chi connectivity index (χ2v) is 7.23. The van der Waals surface area contributed by atoms with Crippen LogP contribution in [0, 0.1) is 0 Å². The number of hydrogen-bond donors (Lipinski definition) is 1. The molecule has 140 valence electrons. The largest absolute Gasteiger partial charge is 0.340 e. The second kappa shape index (κ2) is 6.96. The van der Waals surface area contributed by atoms with E-state index in [4.69, 9.17) is 4.98 Å². The summed E-state index contributed by atoms with van der Waals surface area (Å²) in [5.41, 5.74) is 3.82. The van der Waals surface area contributed by atoms with Crippen molar-refractivity contribution in [1.29, 1.82) is 0 Å². The molecule has 1 fully saturated rings. The van der Waals surface area contributed by atoms with Crippen LogP contribution in [0.15, 0.2) is 67.3 Å². The molecule has 1 unspecified atom stereocenters. The fraction of sp³-hybridized carbons (Fsp3) is 0.227. The first kappa shape index (κ1) is 16.7. The molecule has 1 N–H and O–H groups in total. The Morgan fingerprint density at radius 1 is 1.14 bits per heavy atom. The van der Waals surface area contributed by atoms with E-state index in [1.54, 1.807) is 12.5 Å². The number of imidazole rings is 2. The summed E-state index contributed by atoms with van der Waals surface area (Å²) in [4.78, 5) is 27.3. The van der Waals surface area contributed by atoms with Gasteiger partial charge in [0.2, 0.25) is 0 Å². The molecular formula is C22H21N5O. The first-order valence-corrected chi connectivity index (χ1v) is 9.58. The number of amides is 1. The van der Waals surface area contributed by atoms with Crippen LogP contribution in [-0.4, -0.2) is 36.9 Å². The molecule has 3 heterocycles. The molecule has 28 heavy (non-hydrogen) atoms. The molecule has 1 saturated heterocycles. The molecule has 1 amide bonds. The molecule has 1 aliphatic rings. The Balaban J connectivity index is 1.36. The summed E-state index contributed by atoms with van der Waals surface area (Å²) in [5.74, 6) is 0.945. The van der Waals surface area contributed by atoms with E-state index < -0.39 is 0 Å². The molecule has 0 spiro atoms. The summed E-state index contributed by atoms with van der Waals surface area (Å²) in [6, 6.07) is 15.9. The van der Waals surface area contributed by atoms with Gasteiger partial charge in [-0.05, 0) is 42.7 Å². The minimum absolute atomic E-state index is 0.00512. The van der Waals surface area contributed by atoms with E-state index in [0.29, 0.717) is 0 Å². The van der Waals surface area contributed by atoms with Crippen LogP contribution in [0.5, 0.6) is 0 Å². The number of hydrogen-bond acceptors (Lipinski definition) is 3. The van der Waals surface area contributed by atoms with E-state index in [1.807, 2.05) is 64.2 Å². The quantitative estimate of drug-likeness (QED) is 0.594. The molecule has 1 aliphatic heterocycles. The zero-order valence-electron chi connectivity index (χ0n) is 15.5. The summed E-state index contributed by atoms with van der Waals surface area (Å²) < 4.78 is 2.01. The van der Waals surface area contributed by atoms with Crippen LogP contribution in [0.3, 0.4) is 0 Å². The van der Waals surface area contributed by atoms with Gasteiger partial charge in [0.25, 0.3) is 5.91 Å². The highest BCUT2D eigenvalue weighted by Crippen LogP contribution is 2.32. The number of carbonyl (C=O) groups is 1. The number of aromatic amines is 1. The van der Waals surface area contributed by atoms with Gasteiger partial charge in [0, 0.05) is 31.0 Å². The summed E-state index contributed by atoms with van der Waals surface area (Å²) in [7, 11) is 0. The van der Waals surface area contributed by atoms with Gasteiger partial charge in [-0.1, -0.05) is 24.3 Å². The van der Waals surface area contributed by atoms with Gasteiger partial charge in [0.05, 0.1) is 23.4 Å². The van der Waals surface area contributed by atoms with E-state index in [1.165, 1.54) is 0 Å². The molecule has 0 saturated carbocycles. The van der Waals surface area contributed by atoms with Gasteiger partial charge in [-0.2, -0.15) is 0 Å². The first-order chi connectivity index (χ1) is 13.8. The highest BCUT2D eigenvalue weighted by Gasteiger charge is 2.32. The minimum Gasteiger partial charge on any atom is -0.340 e. The van der Waals surface area contributed by atoms with Gasteiger partial charge >= 0.3 is 0 Å². The Morgan fingerprint density at radius 2 is 2.00 bits per heavy atom. The van der Waals surface area contributed by atoms with Gasteiger partial charge in [-0.3, -0.25) is 4.79 Å². The third-order valence-corrected chi connectivity index (χ3v) is 5.36. The topological polar surface area (TPSA) is 66.8 Å². The lowest BCUT2D eigenvalue weighted by atomic mass is 10.1. The normalized spacial score (nSPS) is 16.7. The van der Waals surface area contributed by atoms with Crippen molar-refractivity contribution < 1.29 is 4.79 Å². The first-order valence-electron chi connectivity index (χ1n) is 9.58. The molecular weight excluding hydrogens is 350 g/mol. The van der Waals surface area contributed by atoms with E-state index in [9.17, 15) is 4.79 Å². The number of nitrogens with zero attached hydrogens (tertiary/aromatic N) is 4. The molecule has 4 aromatic rings. The van der Waals surface area contributed by atoms with Gasteiger partial charge in [-0.25, -0.2) is 9.97 Å². The van der Waals surface area contributed by atoms with Crippen LogP contribution in [0.2, 0.25) is 0 Å². The van der Waals surface area contributed by atoms with Crippen LogP contribution >= 0.6 is 0 Å². The number of rotatable bonds is 4. The molecule has 6 heteroatoms. The van der Waals surface area contributed by atoms with Crippen molar-refractivity contribution in [2.24, 2.45) is 0 Å². The summed E-state index contributed by atoms with van der Waals surface area (Å²) in [6.07, 6.45) is 7.42. The maximum atomic E-state index is 13.1. The third kappa shape index (κ3) is 3.07. The monoisotopic (exact) mass is 371 g/mol. The number of H-pyrrole nitrogens is 1. The Kier molecular flexibility index (Phi) is 4.16. The predicted octanol–water partition coefficient (Wildman–Crippen LogP) is 3.79. The smallest absolute Gasteiger partial charge is 0.254 e. The zero-order valence-corrected chi connectivity index (χ0v) is 15.5. The van der Waals surface area contributed by atoms with Crippen molar-refractivity contribution >= 4 is 16.9 Å². The summed E-state index contributed by atoms with van der Waals surface area (Å²) in [6.45, 7) is 1.51. The fourth-order valence-corrected chi connectivity index (χ4v) is 3.93. The summed E-state index contributed by atoms with van der Waals surface area (Å²) >= 11 is 0. The third-order valence-electron chi connectivity index (χ3n) is 5.36. The molecule has 2 aromatic carbocycles. The number of benzene rings is 2. The van der Waals surface area contributed by atoms with Crippen LogP contribution in [0.1, 0.15) is 40.6 Å². The number of nitrogens with one attached hydrogen (secondary N) is 1. The number of para-hydroxylation sites is 2. The maximum Gasteiger partial charge on any atom is 0.254 e. The van der Waals surface area contributed by atoms with Crippen molar-refractivity contribution in [2.45, 2.75) is 25.4 Å². The SMILES string of the molecule is O=C(c1ccc(Cn2ccnc2)cc1)N1CCCC1c1nc2ccccc2[nH]1. The van der Waals surface area contributed by atoms with Crippen LogP contribution in [0.25, 0.3) is 11.0 Å². The zero-order chi connectivity index (χ0) is 18.9. The van der Waals surface area contributed by atoms with E-state index >= 15 is 0 Å². The average Bonchev–Trinajstić information content (AvgIpc) is 3.47. The molecule has 6 nitrogen and oxygen atoms in total. The standard InChI is InChI=1S/C22H21N5O/c28-22(17-9-7-16(8-10-17)14-26-13-11-23-15-26)27-12-3-6-20(27)21-24-18-4-1-2-5-19(18)25-21/h1-2,4-5,7-11,13,15,20H,3,6,12,14H2,(H,24,25). The highest BCUT2D eigenvalue weighted by molar-refractivity contribution is 5.94. The van der Waals surface area contributed by atoms with E-state index in [-0.39, 0.29) is 11.9 Å². The molecule has 0 radical (unpaired) electrons. The highest BCUT2D eigenvalue weighted by atomic mass is 16.2. The Bertz CT molecular complexity index is 1060. The Hall–Kier alpha value is -3.41. The van der Waals surface area contributed by atoms with Crippen molar-refractivity contribution in [3.63, 3.8) is 0 Å². The predicted molar refractivity (Wildman–Crippen MR) is 107 cm³/mol. The van der Waals surface area contributed by atoms with Crippen molar-refractivity contribution in [2.75, 3.05) is 6.54 Å². The average molecular weight is 371 g/mol. The molecule has 0 aliphatic carbocycles. The lowest BCUT2D eigenvalue weighted by Gasteiger charge is -2.23. The number of likely N-dealkylation sites (tertiary alicyclic amines) is 1. The Labute approximate surface area is 162 Å². The maximum absolute atomic E-state index is 13.1. The summed E-state index contributed by atoms with van der Waals surface area (Å²) in [5, 5.41) is 0. The lowest BCUT2D eigenvalue weighted by molar-refractivity contribution is 0.0730. The molecule has 1 atom stereocenters. The lowest BCUT2D eigenvalue weighted by Crippen LogP contribution is -2.31. The number of aromatic nitrogens is 4. The minimum atomic E-state index is 0.00512. The van der Waals surface area contributed by atoms with Crippen molar-refractivity contribution in [3.8, 4) is 0 Å². The van der Waals surface area contributed by atoms with Crippen molar-refractivity contribution in [3.05, 3.63) is 84.2 Å². The molecule has 2 aromatic heterocycles. The molecule has 5 rings (SSSR count). The second-order valence-electron chi connectivity index (χ2n) is 7.23.